The molecule has 0 aromatic carbocycles. The second-order valence-corrected chi connectivity index (χ2v) is 6.78. The molecular formula is C15H26N2O3. The molecule has 20 heavy (non-hydrogen) atoms. The molecule has 1 aliphatic heterocycles. The molecule has 1 aliphatic carbocycles. The molecule has 1 saturated carbocycles. The molecule has 0 aromatic heterocycles. The highest BCUT2D eigenvalue weighted by Crippen LogP contribution is 2.35. The summed E-state index contributed by atoms with van der Waals surface area (Å²) in [6.45, 7) is 7.08. The number of hydrogen-bond acceptors (Lipinski definition) is 3. The van der Waals surface area contributed by atoms with E-state index in [-0.39, 0.29) is 24.0 Å². The Kier molecular flexibility index (Phi) is 4.37. The Morgan fingerprint density at radius 2 is 1.85 bits per heavy atom. The van der Waals surface area contributed by atoms with Gasteiger partial charge in [0.15, 0.2) is 0 Å². The number of amides is 2. The van der Waals surface area contributed by atoms with Crippen molar-refractivity contribution in [1.29, 1.82) is 0 Å². The fraction of sp³-hybridized carbons (Fsp3) is 0.867. The maximum atomic E-state index is 12.3. The predicted molar refractivity (Wildman–Crippen MR) is 76.2 cm³/mol. The average molecular weight is 282 g/mol. The Morgan fingerprint density at radius 3 is 2.45 bits per heavy atom. The summed E-state index contributed by atoms with van der Waals surface area (Å²) in [4.78, 5) is 26.3. The molecule has 0 atom stereocenters. The second kappa shape index (κ2) is 5.72. The summed E-state index contributed by atoms with van der Waals surface area (Å²) in [5.41, 5.74) is -0.838. The predicted octanol–water partition coefficient (Wildman–Crippen LogP) is 1.46. The Labute approximate surface area is 121 Å². The van der Waals surface area contributed by atoms with Crippen LogP contribution in [-0.4, -0.2) is 47.6 Å². The van der Waals surface area contributed by atoms with E-state index in [9.17, 15) is 9.59 Å². The number of nitrogens with one attached hydrogen (secondary N) is 1. The van der Waals surface area contributed by atoms with Gasteiger partial charge in [0, 0.05) is 6.54 Å². The van der Waals surface area contributed by atoms with E-state index in [0.29, 0.717) is 13.2 Å². The van der Waals surface area contributed by atoms with Gasteiger partial charge in [0.2, 0.25) is 11.8 Å². The molecule has 2 fully saturated rings. The monoisotopic (exact) mass is 282 g/mol. The van der Waals surface area contributed by atoms with Crippen LogP contribution in [0.15, 0.2) is 0 Å². The molecule has 1 saturated heterocycles. The Morgan fingerprint density at radius 1 is 1.20 bits per heavy atom. The molecule has 5 nitrogen and oxygen atoms in total. The maximum absolute atomic E-state index is 12.3. The highest BCUT2D eigenvalue weighted by molar-refractivity contribution is 5.98. The van der Waals surface area contributed by atoms with Crippen molar-refractivity contribution in [2.24, 2.45) is 0 Å². The lowest BCUT2D eigenvalue weighted by molar-refractivity contribution is -0.158. The van der Waals surface area contributed by atoms with Crippen LogP contribution >= 0.6 is 0 Å². The van der Waals surface area contributed by atoms with Crippen LogP contribution in [0.3, 0.4) is 0 Å². The van der Waals surface area contributed by atoms with Gasteiger partial charge in [-0.25, -0.2) is 0 Å². The van der Waals surface area contributed by atoms with E-state index >= 15 is 0 Å². The van der Waals surface area contributed by atoms with E-state index in [0.717, 1.165) is 32.1 Å². The van der Waals surface area contributed by atoms with Crippen molar-refractivity contribution in [1.82, 2.24) is 10.2 Å². The number of piperazine rings is 1. The van der Waals surface area contributed by atoms with Crippen LogP contribution in [0, 0.1) is 0 Å². The van der Waals surface area contributed by atoms with E-state index in [1.807, 2.05) is 20.8 Å². The largest absolute Gasteiger partial charge is 0.374 e. The second-order valence-electron chi connectivity index (χ2n) is 6.78. The fourth-order valence-electron chi connectivity index (χ4n) is 3.19. The van der Waals surface area contributed by atoms with Gasteiger partial charge in [0.1, 0.15) is 5.54 Å². The number of nitrogens with zero attached hydrogens (tertiary/aromatic N) is 1. The van der Waals surface area contributed by atoms with Gasteiger partial charge >= 0.3 is 0 Å². The first-order chi connectivity index (χ1) is 9.35. The lowest BCUT2D eigenvalue weighted by Gasteiger charge is -2.48. The van der Waals surface area contributed by atoms with Crippen LogP contribution in [0.2, 0.25) is 0 Å². The molecule has 0 radical (unpaired) electrons. The van der Waals surface area contributed by atoms with E-state index in [4.69, 9.17) is 4.74 Å². The minimum atomic E-state index is -0.616. The molecule has 0 bridgehead atoms. The molecule has 0 unspecified atom stereocenters. The van der Waals surface area contributed by atoms with Gasteiger partial charge in [-0.1, -0.05) is 19.3 Å². The minimum Gasteiger partial charge on any atom is -0.374 e. The lowest BCUT2D eigenvalue weighted by atomic mass is 9.78. The van der Waals surface area contributed by atoms with Crippen LogP contribution in [0.1, 0.15) is 52.9 Å². The number of hydrogen-bond donors (Lipinski definition) is 1. The molecule has 1 heterocycles. The van der Waals surface area contributed by atoms with Crippen LogP contribution in [0.5, 0.6) is 0 Å². The third-order valence-corrected chi connectivity index (χ3v) is 4.17. The zero-order chi connectivity index (χ0) is 14.8. The maximum Gasteiger partial charge on any atom is 0.246 e. The van der Waals surface area contributed by atoms with Crippen molar-refractivity contribution in [2.75, 3.05) is 19.7 Å². The van der Waals surface area contributed by atoms with Gasteiger partial charge in [-0.05, 0) is 33.6 Å². The number of ether oxygens (including phenoxy) is 1. The van der Waals surface area contributed by atoms with Crippen LogP contribution in [0.25, 0.3) is 0 Å². The third-order valence-electron chi connectivity index (χ3n) is 4.17. The SMILES string of the molecule is CC(C)(C)OCCN1C(=O)CNC(=O)C12CCCCC2. The Hall–Kier alpha value is -1.10. The molecular weight excluding hydrogens is 256 g/mol. The minimum absolute atomic E-state index is 0.0176. The van der Waals surface area contributed by atoms with Crippen molar-refractivity contribution in [3.8, 4) is 0 Å². The van der Waals surface area contributed by atoms with Gasteiger partial charge < -0.3 is 15.0 Å². The van der Waals surface area contributed by atoms with Crippen LogP contribution in [-0.2, 0) is 14.3 Å². The summed E-state index contributed by atoms with van der Waals surface area (Å²) in [6.07, 6.45) is 4.73. The zero-order valence-electron chi connectivity index (χ0n) is 12.8. The average Bonchev–Trinajstić information content (AvgIpc) is 2.38. The summed E-state index contributed by atoms with van der Waals surface area (Å²) in [5.74, 6) is 0.0385. The molecule has 0 aromatic rings. The van der Waals surface area contributed by atoms with Crippen molar-refractivity contribution < 1.29 is 14.3 Å². The first-order valence-electron chi connectivity index (χ1n) is 7.58. The first-order valence-corrected chi connectivity index (χ1v) is 7.58. The van der Waals surface area contributed by atoms with Gasteiger partial charge in [-0.2, -0.15) is 0 Å². The summed E-state index contributed by atoms with van der Waals surface area (Å²) in [5, 5.41) is 2.76. The van der Waals surface area contributed by atoms with Gasteiger partial charge in [-0.15, -0.1) is 0 Å². The Balaban J connectivity index is 2.08. The quantitative estimate of drug-likeness (QED) is 0.852. The first kappa shape index (κ1) is 15.3. The van der Waals surface area contributed by atoms with E-state index in [2.05, 4.69) is 5.32 Å². The fourth-order valence-corrected chi connectivity index (χ4v) is 3.19. The molecule has 5 heteroatoms. The van der Waals surface area contributed by atoms with Crippen molar-refractivity contribution in [3.05, 3.63) is 0 Å². The van der Waals surface area contributed by atoms with Crippen molar-refractivity contribution in [2.45, 2.75) is 64.0 Å². The topological polar surface area (TPSA) is 58.6 Å². The summed E-state index contributed by atoms with van der Waals surface area (Å²) >= 11 is 0. The van der Waals surface area contributed by atoms with Gasteiger partial charge in [-0.3, -0.25) is 9.59 Å². The van der Waals surface area contributed by atoms with Crippen molar-refractivity contribution >= 4 is 11.8 Å². The Bertz CT molecular complexity index is 381. The lowest BCUT2D eigenvalue weighted by Crippen LogP contribution is -2.68. The third kappa shape index (κ3) is 3.14. The number of rotatable bonds is 3. The van der Waals surface area contributed by atoms with Crippen molar-refractivity contribution in [3.63, 3.8) is 0 Å². The molecule has 114 valence electrons. The smallest absolute Gasteiger partial charge is 0.246 e. The normalized spacial score (nSPS) is 23.1. The van der Waals surface area contributed by atoms with Gasteiger partial charge in [0.25, 0.3) is 0 Å². The van der Waals surface area contributed by atoms with E-state index in [1.54, 1.807) is 4.90 Å². The molecule has 1 spiro atoms. The molecule has 2 aliphatic rings. The highest BCUT2D eigenvalue weighted by Gasteiger charge is 2.49. The van der Waals surface area contributed by atoms with E-state index < -0.39 is 5.54 Å². The zero-order valence-corrected chi connectivity index (χ0v) is 12.8. The molecule has 2 amide bonds. The van der Waals surface area contributed by atoms with E-state index in [1.165, 1.54) is 0 Å². The number of carbonyl (C=O) groups excluding carboxylic acids is 2. The van der Waals surface area contributed by atoms with Crippen LogP contribution in [0.4, 0.5) is 0 Å². The van der Waals surface area contributed by atoms with Crippen LogP contribution < -0.4 is 5.32 Å². The highest BCUT2D eigenvalue weighted by atomic mass is 16.5. The number of carbonyl (C=O) groups is 2. The summed E-state index contributed by atoms with van der Waals surface area (Å²) < 4.78 is 5.72. The van der Waals surface area contributed by atoms with Gasteiger partial charge in [0.05, 0.1) is 18.8 Å². The molecule has 1 N–H and O–H groups in total. The summed E-state index contributed by atoms with van der Waals surface area (Å²) in [6, 6.07) is 0. The standard InChI is InChI=1S/C15H26N2O3/c1-14(2,3)20-10-9-17-12(18)11-16-13(19)15(17)7-5-4-6-8-15/h4-11H2,1-3H3,(H,16,19). The molecule has 2 rings (SSSR count). The summed E-state index contributed by atoms with van der Waals surface area (Å²) in [7, 11) is 0.